The van der Waals surface area contributed by atoms with Crippen LogP contribution in [0.15, 0.2) is 48.5 Å². The summed E-state index contributed by atoms with van der Waals surface area (Å²) in [4.78, 5) is 12.4. The van der Waals surface area contributed by atoms with Crippen LogP contribution >= 0.6 is 11.6 Å². The Balaban J connectivity index is 1.79. The van der Waals surface area contributed by atoms with Crippen LogP contribution in [0.2, 0.25) is 5.02 Å². The van der Waals surface area contributed by atoms with E-state index in [0.29, 0.717) is 23.0 Å². The molecule has 0 aromatic heterocycles. The van der Waals surface area contributed by atoms with Crippen molar-refractivity contribution in [3.63, 3.8) is 0 Å². The Hall–Kier alpha value is -2.25. The number of carbonyl (C=O) groups excluding carboxylic acids is 1. The number of anilines is 1. The summed E-state index contributed by atoms with van der Waals surface area (Å²) < 4.78 is 31.0. The van der Waals surface area contributed by atoms with Crippen LogP contribution in [0.3, 0.4) is 0 Å². The van der Waals surface area contributed by atoms with Crippen molar-refractivity contribution in [2.24, 2.45) is 0 Å². The molecule has 2 aromatic rings. The highest BCUT2D eigenvalue weighted by molar-refractivity contribution is 7.92. The molecule has 0 unspecified atom stereocenters. The average Bonchev–Trinajstić information content (AvgIpc) is 2.58. The van der Waals surface area contributed by atoms with Gasteiger partial charge in [-0.25, -0.2) is 8.42 Å². The van der Waals surface area contributed by atoms with Gasteiger partial charge in [0, 0.05) is 11.6 Å². The number of rotatable bonds is 4. The van der Waals surface area contributed by atoms with Gasteiger partial charge in [0.1, 0.15) is 5.75 Å². The number of fused-ring (bicyclic) bond motifs is 1. The third-order valence-corrected chi connectivity index (χ3v) is 5.17. The summed E-state index contributed by atoms with van der Waals surface area (Å²) in [6, 6.07) is 14.1. The first-order valence-corrected chi connectivity index (χ1v) is 9.83. The van der Waals surface area contributed by atoms with Crippen LogP contribution in [0.5, 0.6) is 5.75 Å². The molecule has 0 radical (unpaired) electrons. The molecule has 1 aliphatic rings. The molecule has 25 heavy (non-hydrogen) atoms. The Labute approximate surface area is 151 Å². The van der Waals surface area contributed by atoms with Gasteiger partial charge in [-0.1, -0.05) is 41.9 Å². The number of sulfonamides is 1. The minimum Gasteiger partial charge on any atom is -0.476 e. The van der Waals surface area contributed by atoms with Gasteiger partial charge in [-0.05, 0) is 23.8 Å². The normalized spacial score (nSPS) is 16.7. The smallest absolute Gasteiger partial charge is 0.263 e. The van der Waals surface area contributed by atoms with Crippen molar-refractivity contribution in [2.45, 2.75) is 12.6 Å². The zero-order valence-electron chi connectivity index (χ0n) is 13.5. The first kappa shape index (κ1) is 17.6. The minimum absolute atomic E-state index is 0.104. The van der Waals surface area contributed by atoms with Crippen molar-refractivity contribution in [1.29, 1.82) is 0 Å². The first-order chi connectivity index (χ1) is 11.8. The van der Waals surface area contributed by atoms with Crippen molar-refractivity contribution < 1.29 is 17.9 Å². The van der Waals surface area contributed by atoms with E-state index in [1.165, 1.54) is 6.07 Å². The summed E-state index contributed by atoms with van der Waals surface area (Å²) in [5.41, 5.74) is 1.28. The second-order valence-corrected chi connectivity index (χ2v) is 8.06. The number of ether oxygens (including phenoxy) is 1. The summed E-state index contributed by atoms with van der Waals surface area (Å²) in [6.45, 7) is 0.235. The molecule has 3 rings (SSSR count). The fourth-order valence-corrected chi connectivity index (χ4v) is 3.65. The second kappa shape index (κ2) is 6.93. The topological polar surface area (TPSA) is 75.7 Å². The van der Waals surface area contributed by atoms with Crippen molar-refractivity contribution in [3.05, 3.63) is 59.1 Å². The van der Waals surface area contributed by atoms with Crippen LogP contribution in [0.1, 0.15) is 5.56 Å². The Morgan fingerprint density at radius 3 is 2.68 bits per heavy atom. The summed E-state index contributed by atoms with van der Waals surface area (Å²) in [6.07, 6.45) is 0.147. The highest BCUT2D eigenvalue weighted by Gasteiger charge is 2.35. The minimum atomic E-state index is -3.57. The van der Waals surface area contributed by atoms with E-state index in [0.717, 1.165) is 16.1 Å². The largest absolute Gasteiger partial charge is 0.476 e. The maximum absolute atomic E-state index is 12.4. The summed E-state index contributed by atoms with van der Waals surface area (Å²) in [7, 11) is -3.57. The number of amides is 1. The highest BCUT2D eigenvalue weighted by Crippen LogP contribution is 2.37. The Kier molecular flexibility index (Phi) is 4.87. The van der Waals surface area contributed by atoms with Gasteiger partial charge in [-0.2, -0.15) is 0 Å². The Morgan fingerprint density at radius 2 is 2.00 bits per heavy atom. The van der Waals surface area contributed by atoms with E-state index in [-0.39, 0.29) is 12.5 Å². The van der Waals surface area contributed by atoms with Crippen molar-refractivity contribution in [2.75, 3.05) is 17.1 Å². The number of carbonyl (C=O) groups is 1. The molecule has 2 aromatic carbocycles. The maximum atomic E-state index is 12.4. The molecule has 1 amide bonds. The summed E-state index contributed by atoms with van der Waals surface area (Å²) >= 11 is 5.95. The summed E-state index contributed by atoms with van der Waals surface area (Å²) in [5.74, 6) is -0.0703. The van der Waals surface area contributed by atoms with Crippen LogP contribution in [0.4, 0.5) is 5.69 Å². The highest BCUT2D eigenvalue weighted by atomic mass is 35.5. The predicted molar refractivity (Wildman–Crippen MR) is 96.3 cm³/mol. The van der Waals surface area contributed by atoms with Gasteiger partial charge < -0.3 is 10.1 Å². The molecule has 0 saturated carbocycles. The van der Waals surface area contributed by atoms with Crippen LogP contribution in [0, 0.1) is 0 Å². The molecule has 132 valence electrons. The second-order valence-electron chi connectivity index (χ2n) is 5.72. The molecule has 1 heterocycles. The van der Waals surface area contributed by atoms with Gasteiger partial charge in [0.2, 0.25) is 10.0 Å². The first-order valence-electron chi connectivity index (χ1n) is 7.60. The lowest BCUT2D eigenvalue weighted by Crippen LogP contribution is -2.50. The van der Waals surface area contributed by atoms with Crippen molar-refractivity contribution >= 4 is 33.2 Å². The number of halogens is 1. The van der Waals surface area contributed by atoms with Gasteiger partial charge in [0.15, 0.2) is 6.10 Å². The number of nitrogens with one attached hydrogen (secondary N) is 1. The number of benzene rings is 2. The Bertz CT molecular complexity index is 887. The molecule has 1 aliphatic heterocycles. The fraction of sp³-hybridized carbons (Fsp3) is 0.235. The van der Waals surface area contributed by atoms with E-state index in [1.807, 2.05) is 30.3 Å². The van der Waals surface area contributed by atoms with Crippen molar-refractivity contribution in [3.8, 4) is 5.75 Å². The van der Waals surface area contributed by atoms with E-state index in [1.54, 1.807) is 12.1 Å². The molecule has 0 saturated heterocycles. The average molecular weight is 381 g/mol. The standard InChI is InChI=1S/C17H17ClN2O4S/c1-25(22,23)20-11-16(24-15-8-7-13(18)9-14(15)20)17(21)19-10-12-5-3-2-4-6-12/h2-9,16H,10-11H2,1H3,(H,19,21)/t16-/m0/s1. The fourth-order valence-electron chi connectivity index (χ4n) is 2.57. The van der Waals surface area contributed by atoms with Gasteiger partial charge in [-0.3, -0.25) is 9.10 Å². The molecular formula is C17H17ClN2O4S. The molecule has 0 bridgehead atoms. The SMILES string of the molecule is CS(=O)(=O)N1C[C@@H](C(=O)NCc2ccccc2)Oc2ccc(Cl)cc21. The third-order valence-electron chi connectivity index (χ3n) is 3.79. The quantitative estimate of drug-likeness (QED) is 0.882. The number of nitrogens with zero attached hydrogens (tertiary/aromatic N) is 1. The van der Waals surface area contributed by atoms with E-state index in [9.17, 15) is 13.2 Å². The molecule has 0 spiro atoms. The van der Waals surface area contributed by atoms with Gasteiger partial charge in [0.05, 0.1) is 18.5 Å². The predicted octanol–water partition coefficient (Wildman–Crippen LogP) is 2.18. The molecule has 6 nitrogen and oxygen atoms in total. The number of hydrogen-bond donors (Lipinski definition) is 1. The van der Waals surface area contributed by atoms with Crippen LogP contribution < -0.4 is 14.4 Å². The van der Waals surface area contributed by atoms with E-state index < -0.39 is 16.1 Å². The number of hydrogen-bond acceptors (Lipinski definition) is 4. The molecule has 1 atom stereocenters. The van der Waals surface area contributed by atoms with E-state index in [2.05, 4.69) is 5.32 Å². The van der Waals surface area contributed by atoms with Crippen LogP contribution in [0.25, 0.3) is 0 Å². The monoisotopic (exact) mass is 380 g/mol. The Morgan fingerprint density at radius 1 is 1.28 bits per heavy atom. The van der Waals surface area contributed by atoms with Crippen LogP contribution in [-0.4, -0.2) is 33.2 Å². The van der Waals surface area contributed by atoms with Gasteiger partial charge in [-0.15, -0.1) is 0 Å². The maximum Gasteiger partial charge on any atom is 0.263 e. The zero-order chi connectivity index (χ0) is 18.0. The third kappa shape index (κ3) is 4.05. The van der Waals surface area contributed by atoms with E-state index >= 15 is 0 Å². The molecular weight excluding hydrogens is 364 g/mol. The molecule has 0 aliphatic carbocycles. The van der Waals surface area contributed by atoms with Gasteiger partial charge >= 0.3 is 0 Å². The lowest BCUT2D eigenvalue weighted by atomic mass is 10.2. The zero-order valence-corrected chi connectivity index (χ0v) is 15.0. The molecule has 8 heteroatoms. The van der Waals surface area contributed by atoms with Crippen LogP contribution in [-0.2, 0) is 21.4 Å². The molecule has 1 N–H and O–H groups in total. The molecule has 0 fully saturated rings. The van der Waals surface area contributed by atoms with Crippen molar-refractivity contribution in [1.82, 2.24) is 5.32 Å². The summed E-state index contributed by atoms with van der Waals surface area (Å²) in [5, 5.41) is 3.16. The lowest BCUT2D eigenvalue weighted by molar-refractivity contribution is -0.127. The van der Waals surface area contributed by atoms with Gasteiger partial charge in [0.25, 0.3) is 5.91 Å². The van der Waals surface area contributed by atoms with E-state index in [4.69, 9.17) is 16.3 Å². The lowest BCUT2D eigenvalue weighted by Gasteiger charge is -2.34.